The van der Waals surface area contributed by atoms with Crippen molar-refractivity contribution in [1.29, 1.82) is 0 Å². The average molecular weight is 412 g/mol. The third-order valence-corrected chi connectivity index (χ3v) is 6.08. The van der Waals surface area contributed by atoms with Gasteiger partial charge in [-0.15, -0.1) is 0 Å². The molecule has 0 radical (unpaired) electrons. The molecule has 4 rings (SSSR count). The van der Waals surface area contributed by atoms with Gasteiger partial charge in [0.25, 0.3) is 5.91 Å². The Morgan fingerprint density at radius 3 is 2.53 bits per heavy atom. The molecule has 3 heterocycles. The summed E-state index contributed by atoms with van der Waals surface area (Å²) in [6.45, 7) is 3.34. The highest BCUT2D eigenvalue weighted by molar-refractivity contribution is 5.94. The van der Waals surface area contributed by atoms with E-state index in [0.717, 1.165) is 31.5 Å². The third kappa shape index (κ3) is 4.48. The maximum Gasteiger partial charge on any atom is 0.256 e. The van der Waals surface area contributed by atoms with Crippen LogP contribution in [0.1, 0.15) is 34.8 Å². The number of nitrogens with zero attached hydrogens (tertiary/aromatic N) is 3. The first kappa shape index (κ1) is 20.8. The van der Waals surface area contributed by atoms with E-state index >= 15 is 0 Å². The fourth-order valence-corrected chi connectivity index (χ4v) is 4.40. The second-order valence-electron chi connectivity index (χ2n) is 8.16. The molecule has 2 aromatic rings. The molecule has 0 aliphatic carbocycles. The van der Waals surface area contributed by atoms with Gasteiger partial charge in [0.15, 0.2) is 0 Å². The molecule has 30 heavy (non-hydrogen) atoms. The van der Waals surface area contributed by atoms with Gasteiger partial charge in [-0.25, -0.2) is 0 Å². The maximum absolute atomic E-state index is 13.4. The third-order valence-electron chi connectivity index (χ3n) is 6.08. The van der Waals surface area contributed by atoms with E-state index in [1.807, 2.05) is 35.2 Å². The first-order chi connectivity index (χ1) is 14.5. The van der Waals surface area contributed by atoms with Crippen molar-refractivity contribution in [2.75, 3.05) is 32.8 Å². The minimum Gasteiger partial charge on any atom is -0.393 e. The van der Waals surface area contributed by atoms with Gasteiger partial charge in [-0.2, -0.15) is 0 Å². The van der Waals surface area contributed by atoms with Crippen LogP contribution in [0.4, 0.5) is 0 Å². The predicted octanol–water partition coefficient (Wildman–Crippen LogP) is 1.42. The second-order valence-corrected chi connectivity index (χ2v) is 8.16. The summed E-state index contributed by atoms with van der Waals surface area (Å²) in [4.78, 5) is 29.4. The van der Waals surface area contributed by atoms with E-state index in [4.69, 9.17) is 4.74 Å². The van der Waals surface area contributed by atoms with Crippen LogP contribution in [0.5, 0.6) is 0 Å². The molecule has 2 aliphatic heterocycles. The molecule has 2 fully saturated rings. The Kier molecular flexibility index (Phi) is 6.32. The van der Waals surface area contributed by atoms with E-state index in [2.05, 4.69) is 4.90 Å². The number of aromatic nitrogens is 1. The number of piperidine rings is 1. The zero-order valence-corrected chi connectivity index (χ0v) is 17.3. The summed E-state index contributed by atoms with van der Waals surface area (Å²) in [7, 11) is 1.65. The number of likely N-dealkylation sites (tertiary alicyclic amines) is 1. The Morgan fingerprint density at radius 2 is 1.83 bits per heavy atom. The molecular weight excluding hydrogens is 382 g/mol. The first-order valence-corrected chi connectivity index (χ1v) is 10.6. The highest BCUT2D eigenvalue weighted by Crippen LogP contribution is 2.32. The molecule has 1 aromatic carbocycles. The largest absolute Gasteiger partial charge is 0.393 e. The lowest BCUT2D eigenvalue weighted by Gasteiger charge is -2.44. The van der Waals surface area contributed by atoms with Gasteiger partial charge in [0.1, 0.15) is 0 Å². The summed E-state index contributed by atoms with van der Waals surface area (Å²) in [5.74, 6) is -0.0955. The van der Waals surface area contributed by atoms with Gasteiger partial charge in [-0.1, -0.05) is 30.3 Å². The number of ether oxygens (including phenoxy) is 1. The number of pyridine rings is 1. The molecule has 7 nitrogen and oxygen atoms in total. The number of aliphatic hydroxyl groups is 1. The van der Waals surface area contributed by atoms with Gasteiger partial charge in [-0.3, -0.25) is 9.59 Å². The van der Waals surface area contributed by atoms with Crippen LogP contribution in [0.25, 0.3) is 0 Å². The number of morpholine rings is 1. The Labute approximate surface area is 176 Å². The van der Waals surface area contributed by atoms with E-state index < -0.39 is 0 Å². The summed E-state index contributed by atoms with van der Waals surface area (Å²) in [6, 6.07) is 12.8. The van der Waals surface area contributed by atoms with Crippen LogP contribution < -0.4 is 5.56 Å². The Bertz CT molecular complexity index is 922. The molecule has 0 bridgehead atoms. The van der Waals surface area contributed by atoms with Gasteiger partial charge in [0, 0.05) is 45.5 Å². The van der Waals surface area contributed by atoms with Crippen molar-refractivity contribution in [3.63, 3.8) is 0 Å². The topological polar surface area (TPSA) is 75.0 Å². The van der Waals surface area contributed by atoms with Gasteiger partial charge in [-0.05, 0) is 24.5 Å². The van der Waals surface area contributed by atoms with Crippen molar-refractivity contribution in [3.05, 3.63) is 70.1 Å². The fourth-order valence-electron chi connectivity index (χ4n) is 4.40. The smallest absolute Gasteiger partial charge is 0.256 e. The number of benzene rings is 1. The summed E-state index contributed by atoms with van der Waals surface area (Å²) in [5, 5.41) is 9.81. The number of aliphatic hydroxyl groups excluding tert-OH is 1. The fraction of sp³-hybridized carbons (Fsp3) is 0.478. The number of aryl methyl sites for hydroxylation is 1. The predicted molar refractivity (Wildman–Crippen MR) is 113 cm³/mol. The minimum atomic E-state index is -0.221. The molecule has 0 unspecified atom stereocenters. The van der Waals surface area contributed by atoms with Crippen molar-refractivity contribution < 1.29 is 14.6 Å². The summed E-state index contributed by atoms with van der Waals surface area (Å²) < 4.78 is 7.61. The monoisotopic (exact) mass is 411 g/mol. The Morgan fingerprint density at radius 1 is 1.10 bits per heavy atom. The lowest BCUT2D eigenvalue weighted by atomic mass is 9.96. The van der Waals surface area contributed by atoms with E-state index in [-0.39, 0.29) is 29.7 Å². The van der Waals surface area contributed by atoms with Crippen LogP contribution in [-0.4, -0.2) is 70.4 Å². The van der Waals surface area contributed by atoms with Crippen LogP contribution in [-0.2, 0) is 11.8 Å². The quantitative estimate of drug-likeness (QED) is 0.824. The van der Waals surface area contributed by atoms with Gasteiger partial charge < -0.3 is 24.2 Å². The molecule has 1 amide bonds. The molecule has 1 aromatic heterocycles. The van der Waals surface area contributed by atoms with Crippen LogP contribution >= 0.6 is 0 Å². The molecule has 0 saturated carbocycles. The van der Waals surface area contributed by atoms with Gasteiger partial charge >= 0.3 is 0 Å². The number of carbonyl (C=O) groups is 1. The van der Waals surface area contributed by atoms with Crippen LogP contribution in [0.3, 0.4) is 0 Å². The van der Waals surface area contributed by atoms with E-state index in [1.54, 1.807) is 19.3 Å². The highest BCUT2D eigenvalue weighted by atomic mass is 16.5. The molecule has 0 spiro atoms. The summed E-state index contributed by atoms with van der Waals surface area (Å²) in [5.41, 5.74) is 1.40. The average Bonchev–Trinajstić information content (AvgIpc) is 2.77. The molecule has 160 valence electrons. The summed E-state index contributed by atoms with van der Waals surface area (Å²) in [6.07, 6.45) is 2.75. The molecule has 2 aliphatic rings. The zero-order chi connectivity index (χ0) is 21.1. The van der Waals surface area contributed by atoms with E-state index in [0.29, 0.717) is 25.3 Å². The van der Waals surface area contributed by atoms with E-state index in [9.17, 15) is 14.7 Å². The number of hydrogen-bond acceptors (Lipinski definition) is 5. The number of hydrogen-bond donors (Lipinski definition) is 1. The van der Waals surface area contributed by atoms with Crippen LogP contribution in [0.2, 0.25) is 0 Å². The SMILES string of the molecule is Cn1cc(C(=O)N2CCO[C@@H](CN3CCC(O)CC3)[C@@H]2c2ccccc2)ccc1=O. The van der Waals surface area contributed by atoms with Crippen molar-refractivity contribution >= 4 is 5.91 Å². The molecule has 2 atom stereocenters. The lowest BCUT2D eigenvalue weighted by Crippen LogP contribution is -2.53. The van der Waals surface area contributed by atoms with Crippen molar-refractivity contribution in [2.45, 2.75) is 31.1 Å². The minimum absolute atomic E-state index is 0.0955. The Balaban J connectivity index is 1.61. The van der Waals surface area contributed by atoms with Crippen molar-refractivity contribution in [3.8, 4) is 0 Å². The van der Waals surface area contributed by atoms with Crippen molar-refractivity contribution in [2.24, 2.45) is 7.05 Å². The lowest BCUT2D eigenvalue weighted by molar-refractivity contribution is -0.0770. The molecular formula is C23H29N3O4. The number of amides is 1. The normalized spacial score (nSPS) is 23.5. The highest BCUT2D eigenvalue weighted by Gasteiger charge is 2.38. The van der Waals surface area contributed by atoms with Crippen molar-refractivity contribution in [1.82, 2.24) is 14.4 Å². The van der Waals surface area contributed by atoms with Crippen LogP contribution in [0, 0.1) is 0 Å². The maximum atomic E-state index is 13.4. The molecule has 7 heteroatoms. The number of rotatable bonds is 4. The Hall–Kier alpha value is -2.48. The second kappa shape index (κ2) is 9.12. The van der Waals surface area contributed by atoms with Crippen LogP contribution in [0.15, 0.2) is 53.5 Å². The number of carbonyl (C=O) groups excluding carboxylic acids is 1. The zero-order valence-electron chi connectivity index (χ0n) is 17.3. The van der Waals surface area contributed by atoms with Gasteiger partial charge in [0.2, 0.25) is 5.56 Å². The van der Waals surface area contributed by atoms with Gasteiger partial charge in [0.05, 0.1) is 30.4 Å². The summed E-state index contributed by atoms with van der Waals surface area (Å²) >= 11 is 0. The van der Waals surface area contributed by atoms with E-state index in [1.165, 1.54) is 10.6 Å². The molecule has 1 N–H and O–H groups in total. The molecule has 2 saturated heterocycles. The first-order valence-electron chi connectivity index (χ1n) is 10.6. The standard InChI is InChI=1S/C23H29N3O4/c1-24-15-18(7-8-21(24)28)23(29)26-13-14-30-20(16-25-11-9-19(27)10-12-25)22(26)17-5-3-2-4-6-17/h2-8,15,19-20,22,27H,9-14,16H2,1H3/t20-,22-/m0/s1.